The summed E-state index contributed by atoms with van der Waals surface area (Å²) in [4.78, 5) is 12.4. The van der Waals surface area contributed by atoms with Crippen molar-refractivity contribution in [3.05, 3.63) is 58.0 Å². The van der Waals surface area contributed by atoms with Gasteiger partial charge in [-0.3, -0.25) is 9.89 Å². The van der Waals surface area contributed by atoms with Crippen LogP contribution >= 0.6 is 23.2 Å². The predicted octanol–water partition coefficient (Wildman–Crippen LogP) is 4.17. The summed E-state index contributed by atoms with van der Waals surface area (Å²) in [5, 5.41) is 12.4. The number of carbonyl (C=O) groups excluding carboxylic acids is 1. The van der Waals surface area contributed by atoms with Gasteiger partial charge >= 0.3 is 6.18 Å². The topological polar surface area (TPSA) is 75.6 Å². The molecule has 0 aliphatic carbocycles. The number of nitrogens with zero attached hydrogens (tertiary/aromatic N) is 3. The molecule has 3 aromatic rings. The van der Waals surface area contributed by atoms with Gasteiger partial charge in [0.05, 0.1) is 21.8 Å². The maximum atomic E-state index is 13.0. The molecule has 0 unspecified atom stereocenters. The number of anilines is 1. The van der Waals surface area contributed by atoms with Gasteiger partial charge in [0.1, 0.15) is 11.4 Å². The summed E-state index contributed by atoms with van der Waals surface area (Å²) in [5.74, 6) is -0.923. The zero-order chi connectivity index (χ0) is 18.2. The minimum Gasteiger partial charge on any atom is -0.317 e. The number of hydrogen-bond donors (Lipinski definition) is 2. The first-order valence-corrected chi connectivity index (χ1v) is 7.45. The molecule has 25 heavy (non-hydrogen) atoms. The van der Waals surface area contributed by atoms with E-state index < -0.39 is 17.8 Å². The number of hydrogen-bond acceptors (Lipinski definition) is 3. The van der Waals surface area contributed by atoms with Gasteiger partial charge in [0.2, 0.25) is 0 Å². The number of aromatic nitrogens is 4. The highest BCUT2D eigenvalue weighted by atomic mass is 35.5. The fourth-order valence-corrected chi connectivity index (χ4v) is 2.69. The van der Waals surface area contributed by atoms with Crippen LogP contribution in [0.1, 0.15) is 16.1 Å². The molecule has 0 aliphatic rings. The molecule has 2 aromatic heterocycles. The van der Waals surface area contributed by atoms with Crippen molar-refractivity contribution in [3.63, 3.8) is 0 Å². The summed E-state index contributed by atoms with van der Waals surface area (Å²) in [6.45, 7) is 0. The number of nitrogens with one attached hydrogen (secondary N) is 2. The molecule has 0 spiro atoms. The van der Waals surface area contributed by atoms with Crippen LogP contribution in [0, 0.1) is 0 Å². The summed E-state index contributed by atoms with van der Waals surface area (Å²) in [7, 11) is 0. The second kappa shape index (κ2) is 6.41. The van der Waals surface area contributed by atoms with E-state index in [1.165, 1.54) is 18.3 Å². The third kappa shape index (κ3) is 3.33. The number of benzene rings is 1. The Balaban J connectivity index is 1.96. The molecule has 6 nitrogen and oxygen atoms in total. The molecular formula is C14H8Cl2F3N5O. The van der Waals surface area contributed by atoms with Crippen molar-refractivity contribution in [1.82, 2.24) is 20.0 Å². The largest absolute Gasteiger partial charge is 0.433 e. The minimum atomic E-state index is -4.64. The Bertz CT molecular complexity index is 914. The van der Waals surface area contributed by atoms with E-state index in [1.54, 1.807) is 6.07 Å². The van der Waals surface area contributed by atoms with Crippen molar-refractivity contribution in [2.45, 2.75) is 6.18 Å². The average Bonchev–Trinajstić information content (AvgIpc) is 3.14. The van der Waals surface area contributed by atoms with E-state index in [4.69, 9.17) is 23.2 Å². The first-order valence-electron chi connectivity index (χ1n) is 6.70. The van der Waals surface area contributed by atoms with Crippen molar-refractivity contribution in [1.29, 1.82) is 0 Å². The van der Waals surface area contributed by atoms with E-state index in [0.29, 0.717) is 4.68 Å². The number of aromatic amines is 1. The lowest BCUT2D eigenvalue weighted by Crippen LogP contribution is -2.17. The second-order valence-corrected chi connectivity index (χ2v) is 5.61. The highest BCUT2D eigenvalue weighted by molar-refractivity contribution is 6.40. The SMILES string of the molecule is O=C(Nc1c[nH]nc1-n1nccc1C(F)(F)F)c1c(Cl)cccc1Cl. The number of H-pyrrole nitrogens is 1. The molecule has 0 aliphatic heterocycles. The Labute approximate surface area is 148 Å². The van der Waals surface area contributed by atoms with Gasteiger partial charge in [-0.15, -0.1) is 0 Å². The maximum Gasteiger partial charge on any atom is 0.433 e. The van der Waals surface area contributed by atoms with Crippen LogP contribution in [0.15, 0.2) is 36.7 Å². The zero-order valence-corrected chi connectivity index (χ0v) is 13.6. The van der Waals surface area contributed by atoms with Crippen LogP contribution < -0.4 is 5.32 Å². The van der Waals surface area contributed by atoms with Crippen LogP contribution in [-0.4, -0.2) is 25.9 Å². The van der Waals surface area contributed by atoms with Gasteiger partial charge in [-0.05, 0) is 18.2 Å². The van der Waals surface area contributed by atoms with Gasteiger partial charge in [0.25, 0.3) is 5.91 Å². The Hall–Kier alpha value is -2.52. The van der Waals surface area contributed by atoms with E-state index >= 15 is 0 Å². The summed E-state index contributed by atoms with van der Waals surface area (Å²) in [6, 6.07) is 5.29. The third-order valence-electron chi connectivity index (χ3n) is 3.19. The monoisotopic (exact) mass is 389 g/mol. The van der Waals surface area contributed by atoms with E-state index in [2.05, 4.69) is 20.6 Å². The molecule has 3 rings (SSSR count). The first-order chi connectivity index (χ1) is 11.8. The molecule has 11 heteroatoms. The summed E-state index contributed by atoms with van der Waals surface area (Å²) in [6.07, 6.45) is -2.43. The second-order valence-electron chi connectivity index (χ2n) is 4.80. The van der Waals surface area contributed by atoms with Gasteiger partial charge in [0.15, 0.2) is 5.82 Å². The van der Waals surface area contributed by atoms with Crippen molar-refractivity contribution < 1.29 is 18.0 Å². The minimum absolute atomic E-state index is 0.00510. The van der Waals surface area contributed by atoms with Crippen LogP contribution in [0.4, 0.5) is 18.9 Å². The standard InChI is InChI=1S/C14H8Cl2F3N5O/c15-7-2-1-3-8(16)11(7)13(25)22-9-6-20-23-12(9)24-10(4-5-21-24)14(17,18)19/h1-6H,(H,20,23)(H,22,25). The van der Waals surface area contributed by atoms with Crippen molar-refractivity contribution in [2.24, 2.45) is 0 Å². The van der Waals surface area contributed by atoms with Crippen LogP contribution in [0.25, 0.3) is 5.82 Å². The molecular weight excluding hydrogens is 382 g/mol. The lowest BCUT2D eigenvalue weighted by molar-refractivity contribution is -0.142. The number of amides is 1. The highest BCUT2D eigenvalue weighted by Gasteiger charge is 2.36. The Morgan fingerprint density at radius 3 is 2.52 bits per heavy atom. The van der Waals surface area contributed by atoms with Crippen molar-refractivity contribution >= 4 is 34.8 Å². The molecule has 0 saturated heterocycles. The average molecular weight is 390 g/mol. The molecule has 1 amide bonds. The van der Waals surface area contributed by atoms with Crippen molar-refractivity contribution in [3.8, 4) is 5.82 Å². The molecule has 2 N–H and O–H groups in total. The molecule has 2 heterocycles. The quantitative estimate of drug-likeness (QED) is 0.705. The number of carbonyl (C=O) groups is 1. The van der Waals surface area contributed by atoms with Gasteiger partial charge in [-0.2, -0.15) is 23.4 Å². The van der Waals surface area contributed by atoms with E-state index in [0.717, 1.165) is 12.3 Å². The molecule has 0 radical (unpaired) electrons. The van der Waals surface area contributed by atoms with Crippen molar-refractivity contribution in [2.75, 3.05) is 5.32 Å². The Morgan fingerprint density at radius 2 is 1.88 bits per heavy atom. The van der Waals surface area contributed by atoms with Crippen LogP contribution in [0.2, 0.25) is 10.0 Å². The van der Waals surface area contributed by atoms with Crippen LogP contribution in [0.5, 0.6) is 0 Å². The van der Waals surface area contributed by atoms with Gasteiger partial charge in [-0.1, -0.05) is 29.3 Å². The molecule has 130 valence electrons. The number of halogens is 5. The first kappa shape index (κ1) is 17.3. The summed E-state index contributed by atoms with van der Waals surface area (Å²) < 4.78 is 39.6. The highest BCUT2D eigenvalue weighted by Crippen LogP contribution is 2.32. The van der Waals surface area contributed by atoms with E-state index in [9.17, 15) is 18.0 Å². The molecule has 0 bridgehead atoms. The van der Waals surface area contributed by atoms with Gasteiger partial charge < -0.3 is 5.32 Å². The molecule has 0 atom stereocenters. The molecule has 0 fully saturated rings. The number of alkyl halides is 3. The summed E-state index contributed by atoms with van der Waals surface area (Å²) >= 11 is 11.9. The van der Waals surface area contributed by atoms with Gasteiger partial charge in [0, 0.05) is 6.20 Å². The Kier molecular flexibility index (Phi) is 4.44. The smallest absolute Gasteiger partial charge is 0.317 e. The maximum absolute atomic E-state index is 13.0. The molecule has 0 saturated carbocycles. The number of rotatable bonds is 3. The van der Waals surface area contributed by atoms with Crippen LogP contribution in [-0.2, 0) is 6.18 Å². The summed E-state index contributed by atoms with van der Waals surface area (Å²) in [5.41, 5.74) is -1.06. The van der Waals surface area contributed by atoms with E-state index in [1.807, 2.05) is 0 Å². The third-order valence-corrected chi connectivity index (χ3v) is 3.82. The van der Waals surface area contributed by atoms with Gasteiger partial charge in [-0.25, -0.2) is 4.68 Å². The van der Waals surface area contributed by atoms with E-state index in [-0.39, 0.29) is 27.1 Å². The lowest BCUT2D eigenvalue weighted by Gasteiger charge is -2.11. The fraction of sp³-hybridized carbons (Fsp3) is 0.0714. The lowest BCUT2D eigenvalue weighted by atomic mass is 10.2. The normalized spacial score (nSPS) is 11.6. The van der Waals surface area contributed by atoms with Crippen LogP contribution in [0.3, 0.4) is 0 Å². The molecule has 1 aromatic carbocycles. The fourth-order valence-electron chi connectivity index (χ4n) is 2.12. The Morgan fingerprint density at radius 1 is 1.20 bits per heavy atom. The zero-order valence-electron chi connectivity index (χ0n) is 12.1. The predicted molar refractivity (Wildman–Crippen MR) is 85.1 cm³/mol.